The molecule has 0 aliphatic carbocycles. The Hall–Kier alpha value is -2.10. The van der Waals surface area contributed by atoms with Crippen LogP contribution in [0.1, 0.15) is 16.1 Å². The number of rotatable bonds is 4. The van der Waals surface area contributed by atoms with E-state index in [4.69, 9.17) is 4.74 Å². The van der Waals surface area contributed by atoms with E-state index in [1.165, 1.54) is 0 Å². The predicted octanol–water partition coefficient (Wildman–Crippen LogP) is 1.85. The molecule has 88 valence electrons. The molecule has 0 atom stereocenters. The first-order valence-corrected chi connectivity index (χ1v) is 5.35. The fourth-order valence-electron chi connectivity index (χ4n) is 1.60. The number of nitrogens with zero attached hydrogens (tertiary/aromatic N) is 2. The third kappa shape index (κ3) is 2.72. The van der Waals surface area contributed by atoms with Gasteiger partial charge in [-0.3, -0.25) is 9.48 Å². The first-order chi connectivity index (χ1) is 8.19. The number of carbonyl (C=O) groups excluding carboxylic acids is 1. The van der Waals surface area contributed by atoms with Crippen molar-refractivity contribution in [2.24, 2.45) is 7.05 Å². The Morgan fingerprint density at radius 3 is 2.53 bits per heavy atom. The lowest BCUT2D eigenvalue weighted by atomic mass is 10.1. The lowest BCUT2D eigenvalue weighted by Gasteiger charge is -2.01. The van der Waals surface area contributed by atoms with Crippen LogP contribution in [0.4, 0.5) is 0 Å². The molecular weight excluding hydrogens is 216 g/mol. The smallest absolute Gasteiger partial charge is 0.168 e. The monoisotopic (exact) mass is 230 g/mol. The van der Waals surface area contributed by atoms with Gasteiger partial charge in [-0.2, -0.15) is 5.10 Å². The van der Waals surface area contributed by atoms with Gasteiger partial charge in [0.05, 0.1) is 19.2 Å². The molecule has 0 spiro atoms. The van der Waals surface area contributed by atoms with Crippen LogP contribution < -0.4 is 4.74 Å². The minimum Gasteiger partial charge on any atom is -0.497 e. The van der Waals surface area contributed by atoms with E-state index in [2.05, 4.69) is 5.10 Å². The number of hydrogen-bond donors (Lipinski definition) is 0. The zero-order valence-corrected chi connectivity index (χ0v) is 9.88. The Morgan fingerprint density at radius 1 is 1.29 bits per heavy atom. The largest absolute Gasteiger partial charge is 0.497 e. The number of methoxy groups -OCH3 is 1. The van der Waals surface area contributed by atoms with Crippen LogP contribution in [0, 0.1) is 0 Å². The second-order valence-electron chi connectivity index (χ2n) is 3.81. The molecule has 0 amide bonds. The lowest BCUT2D eigenvalue weighted by molar-refractivity contribution is 0.0992. The number of hydrogen-bond acceptors (Lipinski definition) is 3. The molecule has 0 aliphatic heterocycles. The van der Waals surface area contributed by atoms with Crippen LogP contribution in [0.15, 0.2) is 36.5 Å². The van der Waals surface area contributed by atoms with Gasteiger partial charge in [-0.05, 0) is 30.3 Å². The molecular formula is C13H14N2O2. The van der Waals surface area contributed by atoms with Gasteiger partial charge in [-0.15, -0.1) is 0 Å². The standard InChI is InChI=1S/C13H14N2O2/c1-15-8-7-11(14-15)9-13(16)10-3-5-12(17-2)6-4-10/h3-8H,9H2,1-2H3. The second kappa shape index (κ2) is 4.82. The summed E-state index contributed by atoms with van der Waals surface area (Å²) < 4.78 is 6.73. The van der Waals surface area contributed by atoms with E-state index in [0.717, 1.165) is 11.4 Å². The molecule has 0 saturated heterocycles. The molecule has 0 unspecified atom stereocenters. The molecule has 0 N–H and O–H groups in total. The molecule has 1 aromatic heterocycles. The maximum Gasteiger partial charge on any atom is 0.168 e. The second-order valence-corrected chi connectivity index (χ2v) is 3.81. The number of benzene rings is 1. The van der Waals surface area contributed by atoms with Gasteiger partial charge >= 0.3 is 0 Å². The normalized spacial score (nSPS) is 10.2. The molecule has 2 aromatic rings. The molecule has 0 aliphatic rings. The summed E-state index contributed by atoms with van der Waals surface area (Å²) in [5, 5.41) is 4.18. The van der Waals surface area contributed by atoms with Crippen molar-refractivity contribution >= 4 is 5.78 Å². The van der Waals surface area contributed by atoms with E-state index in [1.807, 2.05) is 19.3 Å². The average Bonchev–Trinajstić information content (AvgIpc) is 2.75. The summed E-state index contributed by atoms with van der Waals surface area (Å²) in [6.45, 7) is 0. The van der Waals surface area contributed by atoms with Crippen molar-refractivity contribution in [1.29, 1.82) is 0 Å². The summed E-state index contributed by atoms with van der Waals surface area (Å²) in [4.78, 5) is 11.9. The van der Waals surface area contributed by atoms with Gasteiger partial charge in [0.2, 0.25) is 0 Å². The third-order valence-corrected chi connectivity index (χ3v) is 2.52. The summed E-state index contributed by atoms with van der Waals surface area (Å²) in [5.41, 5.74) is 1.46. The molecule has 0 fully saturated rings. The molecule has 0 saturated carbocycles. The highest BCUT2D eigenvalue weighted by Crippen LogP contribution is 2.13. The van der Waals surface area contributed by atoms with Crippen LogP contribution in [-0.4, -0.2) is 22.7 Å². The fraction of sp³-hybridized carbons (Fsp3) is 0.231. The van der Waals surface area contributed by atoms with Crippen LogP contribution in [0.3, 0.4) is 0 Å². The Bertz CT molecular complexity index is 514. The quantitative estimate of drug-likeness (QED) is 0.753. The van der Waals surface area contributed by atoms with Crippen LogP contribution in [0.5, 0.6) is 5.75 Å². The number of ketones is 1. The van der Waals surface area contributed by atoms with Gasteiger partial charge in [-0.25, -0.2) is 0 Å². The van der Waals surface area contributed by atoms with Gasteiger partial charge in [0.15, 0.2) is 5.78 Å². The SMILES string of the molecule is COc1ccc(C(=O)Cc2ccn(C)n2)cc1. The van der Waals surface area contributed by atoms with E-state index in [1.54, 1.807) is 36.1 Å². The average molecular weight is 230 g/mol. The lowest BCUT2D eigenvalue weighted by Crippen LogP contribution is -2.04. The highest BCUT2D eigenvalue weighted by atomic mass is 16.5. The minimum absolute atomic E-state index is 0.0614. The van der Waals surface area contributed by atoms with E-state index < -0.39 is 0 Å². The van der Waals surface area contributed by atoms with Crippen LogP contribution in [-0.2, 0) is 13.5 Å². The van der Waals surface area contributed by atoms with Crippen LogP contribution in [0.25, 0.3) is 0 Å². The summed E-state index contributed by atoms with van der Waals surface area (Å²) in [6.07, 6.45) is 2.16. The highest BCUT2D eigenvalue weighted by molar-refractivity contribution is 5.97. The van der Waals surface area contributed by atoms with Crippen molar-refractivity contribution < 1.29 is 9.53 Å². The van der Waals surface area contributed by atoms with Crippen molar-refractivity contribution in [3.8, 4) is 5.75 Å². The first kappa shape index (κ1) is 11.4. The van der Waals surface area contributed by atoms with E-state index in [-0.39, 0.29) is 5.78 Å². The van der Waals surface area contributed by atoms with Crippen molar-refractivity contribution in [2.75, 3.05) is 7.11 Å². The number of carbonyl (C=O) groups is 1. The van der Waals surface area contributed by atoms with Crippen LogP contribution in [0.2, 0.25) is 0 Å². The highest BCUT2D eigenvalue weighted by Gasteiger charge is 2.08. The summed E-state index contributed by atoms with van der Waals surface area (Å²) in [5.74, 6) is 0.811. The predicted molar refractivity (Wildman–Crippen MR) is 64.2 cm³/mol. The van der Waals surface area contributed by atoms with Crippen molar-refractivity contribution in [3.63, 3.8) is 0 Å². The van der Waals surface area contributed by atoms with Crippen molar-refractivity contribution in [3.05, 3.63) is 47.8 Å². The molecule has 1 heterocycles. The van der Waals surface area contributed by atoms with E-state index >= 15 is 0 Å². The number of aryl methyl sites for hydroxylation is 1. The zero-order valence-electron chi connectivity index (χ0n) is 9.88. The Morgan fingerprint density at radius 2 is 2.00 bits per heavy atom. The molecule has 0 radical (unpaired) electrons. The Balaban J connectivity index is 2.09. The van der Waals surface area contributed by atoms with Gasteiger partial charge in [0.25, 0.3) is 0 Å². The topological polar surface area (TPSA) is 44.1 Å². The van der Waals surface area contributed by atoms with E-state index in [9.17, 15) is 4.79 Å². The van der Waals surface area contributed by atoms with Crippen molar-refractivity contribution in [1.82, 2.24) is 9.78 Å². The first-order valence-electron chi connectivity index (χ1n) is 5.35. The fourth-order valence-corrected chi connectivity index (χ4v) is 1.60. The van der Waals surface area contributed by atoms with Gasteiger partial charge in [0, 0.05) is 18.8 Å². The van der Waals surface area contributed by atoms with Gasteiger partial charge in [-0.1, -0.05) is 0 Å². The van der Waals surface area contributed by atoms with Crippen molar-refractivity contribution in [2.45, 2.75) is 6.42 Å². The number of aromatic nitrogens is 2. The Kier molecular flexibility index (Phi) is 3.23. The number of Topliss-reactive ketones (excluding diaryl/α,β-unsaturated/α-hetero) is 1. The summed E-state index contributed by atoms with van der Waals surface area (Å²) in [6, 6.07) is 8.95. The molecule has 0 bridgehead atoms. The molecule has 4 nitrogen and oxygen atoms in total. The van der Waals surface area contributed by atoms with E-state index in [0.29, 0.717) is 12.0 Å². The Labute approximate surface area is 99.8 Å². The summed E-state index contributed by atoms with van der Waals surface area (Å²) >= 11 is 0. The third-order valence-electron chi connectivity index (χ3n) is 2.52. The van der Waals surface area contributed by atoms with Gasteiger partial charge in [0.1, 0.15) is 5.75 Å². The summed E-state index contributed by atoms with van der Waals surface area (Å²) in [7, 11) is 3.44. The maximum absolute atomic E-state index is 11.9. The van der Waals surface area contributed by atoms with Crippen LogP contribution >= 0.6 is 0 Å². The zero-order chi connectivity index (χ0) is 12.3. The maximum atomic E-state index is 11.9. The number of ether oxygens (including phenoxy) is 1. The minimum atomic E-state index is 0.0614. The molecule has 1 aromatic carbocycles. The molecule has 17 heavy (non-hydrogen) atoms. The molecule has 4 heteroatoms. The van der Waals surface area contributed by atoms with Gasteiger partial charge < -0.3 is 4.74 Å². The molecule has 2 rings (SSSR count).